The molecule has 1 unspecified atom stereocenters. The summed E-state index contributed by atoms with van der Waals surface area (Å²) in [6.45, 7) is 7.38. The second kappa shape index (κ2) is 12.5. The second-order valence-corrected chi connectivity index (χ2v) is 9.14. The summed E-state index contributed by atoms with van der Waals surface area (Å²) in [4.78, 5) is 29.5. The van der Waals surface area contributed by atoms with Gasteiger partial charge in [0.1, 0.15) is 0 Å². The number of rotatable bonds is 9. The van der Waals surface area contributed by atoms with E-state index in [-0.39, 0.29) is 18.0 Å². The highest BCUT2D eigenvalue weighted by atomic mass is 16.5. The number of hydrazine groups is 1. The molecule has 1 heterocycles. The number of amides is 3. The van der Waals surface area contributed by atoms with Crippen LogP contribution in [0.3, 0.4) is 0 Å². The van der Waals surface area contributed by atoms with Crippen LogP contribution in [0.1, 0.15) is 40.9 Å². The molecule has 190 valence electrons. The summed E-state index contributed by atoms with van der Waals surface area (Å²) in [5.74, 6) is 4.89. The first-order valence-electron chi connectivity index (χ1n) is 12.5. The van der Waals surface area contributed by atoms with Gasteiger partial charge in [-0.3, -0.25) is 15.1 Å². The number of benzene rings is 3. The van der Waals surface area contributed by atoms with Gasteiger partial charge >= 0.3 is 6.03 Å². The summed E-state index contributed by atoms with van der Waals surface area (Å²) in [7, 11) is 0. The van der Waals surface area contributed by atoms with Crippen LogP contribution in [0.2, 0.25) is 0 Å². The van der Waals surface area contributed by atoms with Crippen molar-refractivity contribution >= 4 is 22.7 Å². The monoisotopic (exact) mass is 489 g/mol. The van der Waals surface area contributed by atoms with E-state index in [1.807, 2.05) is 42.2 Å². The van der Waals surface area contributed by atoms with Crippen molar-refractivity contribution in [3.05, 3.63) is 83.4 Å². The lowest BCUT2D eigenvalue weighted by Crippen LogP contribution is -2.43. The Morgan fingerprint density at radius 2 is 1.75 bits per heavy atom. The molecule has 8 nitrogen and oxygen atoms in total. The average Bonchev–Trinajstić information content (AvgIpc) is 2.92. The SMILES string of the molecule is CC(NC(=O)N(CCCN1CCOCC1)Cc1ccc(C(=O)NN)cc1)c1cccc2ccccc12. The maximum Gasteiger partial charge on any atom is 0.318 e. The molecule has 0 radical (unpaired) electrons. The molecule has 4 rings (SSSR count). The number of nitrogens with one attached hydrogen (secondary N) is 2. The van der Waals surface area contributed by atoms with E-state index in [2.05, 4.69) is 39.9 Å². The van der Waals surface area contributed by atoms with Gasteiger partial charge in [-0.15, -0.1) is 0 Å². The van der Waals surface area contributed by atoms with Crippen molar-refractivity contribution in [3.8, 4) is 0 Å². The molecular weight excluding hydrogens is 454 g/mol. The predicted molar refractivity (Wildman–Crippen MR) is 141 cm³/mol. The zero-order valence-electron chi connectivity index (χ0n) is 20.8. The van der Waals surface area contributed by atoms with Crippen molar-refractivity contribution < 1.29 is 14.3 Å². The van der Waals surface area contributed by atoms with E-state index in [0.717, 1.165) is 61.2 Å². The van der Waals surface area contributed by atoms with Crippen LogP contribution in [0.5, 0.6) is 0 Å². The van der Waals surface area contributed by atoms with Gasteiger partial charge in [-0.25, -0.2) is 10.6 Å². The molecular formula is C28H35N5O3. The van der Waals surface area contributed by atoms with Crippen LogP contribution in [-0.4, -0.2) is 61.1 Å². The van der Waals surface area contributed by atoms with Gasteiger partial charge < -0.3 is 15.0 Å². The van der Waals surface area contributed by atoms with Gasteiger partial charge in [-0.2, -0.15) is 0 Å². The quantitative estimate of drug-likeness (QED) is 0.243. The average molecular weight is 490 g/mol. The molecule has 1 fully saturated rings. The zero-order chi connectivity index (χ0) is 25.3. The van der Waals surface area contributed by atoms with E-state index < -0.39 is 0 Å². The third kappa shape index (κ3) is 6.60. The topological polar surface area (TPSA) is 99.9 Å². The number of hydrogen-bond donors (Lipinski definition) is 3. The molecule has 0 aromatic heterocycles. The highest BCUT2D eigenvalue weighted by Gasteiger charge is 2.19. The van der Waals surface area contributed by atoms with Gasteiger partial charge in [0.2, 0.25) is 0 Å². The fraction of sp³-hybridized carbons (Fsp3) is 0.357. The molecule has 0 spiro atoms. The number of fused-ring (bicyclic) bond motifs is 1. The Hall–Kier alpha value is -3.46. The fourth-order valence-corrected chi connectivity index (χ4v) is 4.61. The number of ether oxygens (including phenoxy) is 1. The van der Waals surface area contributed by atoms with E-state index in [0.29, 0.717) is 18.7 Å². The number of urea groups is 1. The molecule has 36 heavy (non-hydrogen) atoms. The van der Waals surface area contributed by atoms with Crippen molar-refractivity contribution in [3.63, 3.8) is 0 Å². The lowest BCUT2D eigenvalue weighted by atomic mass is 10.00. The maximum absolute atomic E-state index is 13.5. The van der Waals surface area contributed by atoms with Crippen molar-refractivity contribution in [1.29, 1.82) is 0 Å². The molecule has 4 N–H and O–H groups in total. The van der Waals surface area contributed by atoms with Crippen LogP contribution >= 0.6 is 0 Å². The summed E-state index contributed by atoms with van der Waals surface area (Å²) < 4.78 is 5.44. The first-order chi connectivity index (χ1) is 17.5. The van der Waals surface area contributed by atoms with Gasteiger partial charge in [0.25, 0.3) is 5.91 Å². The molecule has 0 bridgehead atoms. The Kier molecular flexibility index (Phi) is 8.89. The fourth-order valence-electron chi connectivity index (χ4n) is 4.61. The molecule has 1 aliphatic heterocycles. The number of nitrogen functional groups attached to an aromatic ring is 1. The lowest BCUT2D eigenvalue weighted by Gasteiger charge is -2.29. The first kappa shape index (κ1) is 25.6. The molecule has 3 amide bonds. The summed E-state index contributed by atoms with van der Waals surface area (Å²) in [6.07, 6.45) is 0.865. The van der Waals surface area contributed by atoms with Crippen LogP contribution in [0.4, 0.5) is 4.79 Å². The van der Waals surface area contributed by atoms with Crippen LogP contribution < -0.4 is 16.6 Å². The molecule has 3 aromatic rings. The van der Waals surface area contributed by atoms with Gasteiger partial charge in [0.05, 0.1) is 19.3 Å². The number of carbonyl (C=O) groups is 2. The van der Waals surface area contributed by atoms with Crippen molar-refractivity contribution in [1.82, 2.24) is 20.5 Å². The van der Waals surface area contributed by atoms with Crippen molar-refractivity contribution in [2.75, 3.05) is 39.4 Å². The Morgan fingerprint density at radius 3 is 2.50 bits per heavy atom. The van der Waals surface area contributed by atoms with E-state index in [9.17, 15) is 9.59 Å². The minimum Gasteiger partial charge on any atom is -0.379 e. The molecule has 8 heteroatoms. The third-order valence-corrected chi connectivity index (χ3v) is 6.64. The standard InChI is InChI=1S/C28H35N5O3/c1-21(25-9-4-7-23-6-2-3-8-26(23)25)30-28(35)33(15-5-14-32-16-18-36-19-17-32)20-22-10-12-24(13-11-22)27(34)31-29/h2-4,6-13,21H,5,14-20,29H2,1H3,(H,30,35)(H,31,34). The third-order valence-electron chi connectivity index (χ3n) is 6.64. The van der Waals surface area contributed by atoms with Crippen LogP contribution in [0.25, 0.3) is 10.8 Å². The first-order valence-corrected chi connectivity index (χ1v) is 12.5. The maximum atomic E-state index is 13.5. The number of morpholine rings is 1. The molecule has 1 aliphatic rings. The van der Waals surface area contributed by atoms with Gasteiger partial charge in [0, 0.05) is 38.3 Å². The normalized spacial score (nSPS) is 14.8. The summed E-state index contributed by atoms with van der Waals surface area (Å²) >= 11 is 0. The van der Waals surface area contributed by atoms with Gasteiger partial charge in [-0.1, -0.05) is 54.6 Å². The summed E-state index contributed by atoms with van der Waals surface area (Å²) in [5.41, 5.74) is 4.66. The predicted octanol–water partition coefficient (Wildman–Crippen LogP) is 3.44. The Bertz CT molecular complexity index is 1160. The van der Waals surface area contributed by atoms with E-state index in [1.54, 1.807) is 12.1 Å². The van der Waals surface area contributed by atoms with Gasteiger partial charge in [0.15, 0.2) is 0 Å². The van der Waals surface area contributed by atoms with Crippen molar-refractivity contribution in [2.45, 2.75) is 25.9 Å². The Morgan fingerprint density at radius 1 is 1.03 bits per heavy atom. The minimum absolute atomic E-state index is 0.110. The van der Waals surface area contributed by atoms with Crippen LogP contribution in [-0.2, 0) is 11.3 Å². The highest BCUT2D eigenvalue weighted by molar-refractivity contribution is 5.93. The molecule has 3 aromatic carbocycles. The second-order valence-electron chi connectivity index (χ2n) is 9.14. The van der Waals surface area contributed by atoms with Gasteiger partial charge in [-0.05, 0) is 47.4 Å². The van der Waals surface area contributed by atoms with E-state index in [1.165, 1.54) is 0 Å². The number of nitrogens with zero attached hydrogens (tertiary/aromatic N) is 2. The number of nitrogens with two attached hydrogens (primary N) is 1. The minimum atomic E-state index is -0.342. The van der Waals surface area contributed by atoms with Crippen LogP contribution in [0, 0.1) is 0 Å². The Labute approximate surface area is 212 Å². The molecule has 0 saturated carbocycles. The van der Waals surface area contributed by atoms with E-state index >= 15 is 0 Å². The largest absolute Gasteiger partial charge is 0.379 e. The van der Waals surface area contributed by atoms with Crippen molar-refractivity contribution in [2.24, 2.45) is 5.84 Å². The smallest absolute Gasteiger partial charge is 0.318 e. The Balaban J connectivity index is 1.45. The highest BCUT2D eigenvalue weighted by Crippen LogP contribution is 2.24. The summed E-state index contributed by atoms with van der Waals surface area (Å²) in [5, 5.41) is 5.50. The lowest BCUT2D eigenvalue weighted by molar-refractivity contribution is 0.0364. The molecule has 1 atom stereocenters. The van der Waals surface area contributed by atoms with E-state index in [4.69, 9.17) is 10.6 Å². The number of hydrogen-bond acceptors (Lipinski definition) is 5. The molecule has 1 saturated heterocycles. The molecule has 0 aliphatic carbocycles. The summed E-state index contributed by atoms with van der Waals surface area (Å²) in [6, 6.07) is 21.3. The number of carbonyl (C=O) groups excluding carboxylic acids is 2. The zero-order valence-corrected chi connectivity index (χ0v) is 20.8. The van der Waals surface area contributed by atoms with Crippen LogP contribution in [0.15, 0.2) is 66.7 Å².